The van der Waals surface area contributed by atoms with Crippen molar-refractivity contribution in [1.29, 1.82) is 5.26 Å². The predicted octanol–water partition coefficient (Wildman–Crippen LogP) is 4.89. The zero-order valence-corrected chi connectivity index (χ0v) is 20.6. The van der Waals surface area contributed by atoms with E-state index in [1.165, 1.54) is 0 Å². The highest BCUT2D eigenvalue weighted by Gasteiger charge is 2.45. The molecule has 0 saturated heterocycles. The zero-order chi connectivity index (χ0) is 25.9. The number of nitrogens with one attached hydrogen (secondary N) is 1. The molecule has 3 aromatic rings. The molecule has 1 heterocycles. The fraction of sp³-hybridized carbons (Fsp3) is 0.240. The van der Waals surface area contributed by atoms with Crippen molar-refractivity contribution < 1.29 is 14.7 Å². The van der Waals surface area contributed by atoms with Crippen LogP contribution >= 0.6 is 23.2 Å². The Bertz CT molecular complexity index is 1440. The first-order valence-corrected chi connectivity index (χ1v) is 11.6. The lowest BCUT2D eigenvalue weighted by Crippen LogP contribution is -2.36. The molecule has 0 bridgehead atoms. The molecule has 1 fully saturated rings. The van der Waals surface area contributed by atoms with Gasteiger partial charge in [-0.1, -0.05) is 47.2 Å². The Morgan fingerprint density at radius 3 is 2.61 bits per heavy atom. The van der Waals surface area contributed by atoms with Crippen LogP contribution < -0.4 is 5.32 Å². The minimum Gasteiger partial charge on any atom is -0.332 e. The highest BCUT2D eigenvalue weighted by atomic mass is 35.5. The van der Waals surface area contributed by atoms with E-state index in [2.05, 4.69) is 33.2 Å². The van der Waals surface area contributed by atoms with E-state index >= 15 is 0 Å². The lowest BCUT2D eigenvalue weighted by Gasteiger charge is -2.11. The highest BCUT2D eigenvalue weighted by molar-refractivity contribution is 6.35. The maximum atomic E-state index is 13.1. The zero-order valence-electron chi connectivity index (χ0n) is 19.0. The molecule has 0 unspecified atom stereocenters. The van der Waals surface area contributed by atoms with Crippen LogP contribution in [0.5, 0.6) is 0 Å². The topological polar surface area (TPSA) is 123 Å². The second-order valence-corrected chi connectivity index (χ2v) is 9.01. The van der Waals surface area contributed by atoms with Gasteiger partial charge in [0.05, 0.1) is 22.5 Å². The number of hydrogen-bond acceptors (Lipinski definition) is 6. The van der Waals surface area contributed by atoms with E-state index in [0.717, 1.165) is 5.56 Å². The first kappa shape index (κ1) is 25.1. The standard InChI is InChI=1S/C25H19Cl2N5O4/c1-16-22(24(33)29-25(15-28)11-12-25)30-31(21-10-9-19(26)14-20(21)27)23(16)18-7-5-17(6-8-18)4-2-3-13-36-32(34)35/h5-10,14H,3,11-13H2,1H3,(H,29,33). The van der Waals surface area contributed by atoms with Gasteiger partial charge in [0.15, 0.2) is 5.69 Å². The van der Waals surface area contributed by atoms with Crippen LogP contribution in [-0.4, -0.2) is 32.9 Å². The van der Waals surface area contributed by atoms with Crippen molar-refractivity contribution in [2.75, 3.05) is 6.61 Å². The second-order valence-electron chi connectivity index (χ2n) is 8.16. The Labute approximate surface area is 216 Å². The second kappa shape index (κ2) is 10.3. The van der Waals surface area contributed by atoms with E-state index in [1.54, 1.807) is 41.9 Å². The van der Waals surface area contributed by atoms with Crippen molar-refractivity contribution in [2.24, 2.45) is 0 Å². The predicted molar refractivity (Wildman–Crippen MR) is 133 cm³/mol. The summed E-state index contributed by atoms with van der Waals surface area (Å²) in [6.45, 7) is 1.68. The molecule has 1 aromatic heterocycles. The molecule has 182 valence electrons. The average molecular weight is 524 g/mol. The Hall–Kier alpha value is -4.05. The summed E-state index contributed by atoms with van der Waals surface area (Å²) in [6, 6.07) is 14.4. The number of nitrogens with zero attached hydrogens (tertiary/aromatic N) is 4. The summed E-state index contributed by atoms with van der Waals surface area (Å²) in [4.78, 5) is 27.5. The van der Waals surface area contributed by atoms with Gasteiger partial charge >= 0.3 is 0 Å². The molecule has 1 aliphatic carbocycles. The lowest BCUT2D eigenvalue weighted by atomic mass is 10.0. The van der Waals surface area contributed by atoms with Gasteiger partial charge in [0.2, 0.25) is 0 Å². The molecular formula is C25H19Cl2N5O4. The Morgan fingerprint density at radius 1 is 1.28 bits per heavy atom. The third kappa shape index (κ3) is 5.44. The molecule has 0 spiro atoms. The van der Waals surface area contributed by atoms with Crippen molar-refractivity contribution in [3.63, 3.8) is 0 Å². The number of nitriles is 1. The summed E-state index contributed by atoms with van der Waals surface area (Å²) in [5.74, 6) is 5.32. The summed E-state index contributed by atoms with van der Waals surface area (Å²) in [7, 11) is 0. The van der Waals surface area contributed by atoms with Crippen LogP contribution in [0.25, 0.3) is 16.9 Å². The molecule has 0 radical (unpaired) electrons. The van der Waals surface area contributed by atoms with Gasteiger partial charge in [-0.15, -0.1) is 10.1 Å². The first-order valence-electron chi connectivity index (χ1n) is 10.9. The van der Waals surface area contributed by atoms with E-state index in [4.69, 9.17) is 23.2 Å². The first-order chi connectivity index (χ1) is 17.2. The number of carbonyl (C=O) groups is 1. The van der Waals surface area contributed by atoms with E-state index in [1.807, 2.05) is 12.1 Å². The van der Waals surface area contributed by atoms with Crippen molar-refractivity contribution in [3.8, 4) is 34.9 Å². The smallest absolute Gasteiger partial charge is 0.294 e. The van der Waals surface area contributed by atoms with E-state index in [9.17, 15) is 20.2 Å². The van der Waals surface area contributed by atoms with Crippen LogP contribution in [0.2, 0.25) is 10.0 Å². The molecule has 2 aromatic carbocycles. The van der Waals surface area contributed by atoms with Crippen molar-refractivity contribution in [1.82, 2.24) is 15.1 Å². The molecule has 0 aliphatic heterocycles. The van der Waals surface area contributed by atoms with Crippen LogP contribution in [0.4, 0.5) is 0 Å². The van der Waals surface area contributed by atoms with E-state index < -0.39 is 16.5 Å². The molecule has 11 heteroatoms. The minimum absolute atomic E-state index is 0.101. The summed E-state index contributed by atoms with van der Waals surface area (Å²) in [6.07, 6.45) is 1.42. The maximum Gasteiger partial charge on any atom is 0.294 e. The van der Waals surface area contributed by atoms with Crippen LogP contribution in [0, 0.1) is 40.2 Å². The van der Waals surface area contributed by atoms with Crippen LogP contribution in [-0.2, 0) is 4.84 Å². The summed E-state index contributed by atoms with van der Waals surface area (Å²) < 4.78 is 1.59. The fourth-order valence-corrected chi connectivity index (χ4v) is 4.08. The van der Waals surface area contributed by atoms with E-state index in [-0.39, 0.29) is 18.7 Å². The fourth-order valence-electron chi connectivity index (χ4n) is 3.59. The average Bonchev–Trinajstić information content (AvgIpc) is 3.53. The van der Waals surface area contributed by atoms with Crippen LogP contribution in [0.1, 0.15) is 40.9 Å². The molecule has 1 aliphatic rings. The molecule has 36 heavy (non-hydrogen) atoms. The molecule has 9 nitrogen and oxygen atoms in total. The number of amides is 1. The number of rotatable bonds is 7. The Balaban J connectivity index is 1.70. The van der Waals surface area contributed by atoms with Crippen LogP contribution in [0.15, 0.2) is 42.5 Å². The van der Waals surface area contributed by atoms with Crippen molar-refractivity contribution in [3.05, 3.63) is 79.4 Å². The SMILES string of the molecule is Cc1c(C(=O)NC2(C#N)CC2)nn(-c2ccc(Cl)cc2Cl)c1-c1ccc(C#CCCO[N+](=O)[O-])cc1. The van der Waals surface area contributed by atoms with Crippen molar-refractivity contribution >= 4 is 29.1 Å². The van der Waals surface area contributed by atoms with Gasteiger partial charge in [-0.05, 0) is 50.1 Å². The summed E-state index contributed by atoms with van der Waals surface area (Å²) >= 11 is 12.5. The maximum absolute atomic E-state index is 13.1. The third-order valence-corrected chi connectivity index (χ3v) is 6.14. The summed E-state index contributed by atoms with van der Waals surface area (Å²) in [5, 5.41) is 26.9. The minimum atomic E-state index is -0.853. The quantitative estimate of drug-likeness (QED) is 0.203. The number of aromatic nitrogens is 2. The Morgan fingerprint density at radius 2 is 2.00 bits per heavy atom. The number of carbonyl (C=O) groups excluding carboxylic acids is 1. The van der Waals surface area contributed by atoms with Gasteiger partial charge in [0.1, 0.15) is 12.1 Å². The lowest BCUT2D eigenvalue weighted by molar-refractivity contribution is -0.757. The highest BCUT2D eigenvalue weighted by Crippen LogP contribution is 2.36. The number of halogens is 2. The van der Waals surface area contributed by atoms with Gasteiger partial charge in [-0.3, -0.25) is 4.79 Å². The van der Waals surface area contributed by atoms with Gasteiger partial charge in [0, 0.05) is 28.1 Å². The number of benzene rings is 2. The van der Waals surface area contributed by atoms with E-state index in [0.29, 0.717) is 45.4 Å². The van der Waals surface area contributed by atoms with Gasteiger partial charge in [-0.2, -0.15) is 10.4 Å². The normalized spacial score (nSPS) is 13.2. The third-order valence-electron chi connectivity index (χ3n) is 5.61. The molecule has 1 saturated carbocycles. The molecular weight excluding hydrogens is 505 g/mol. The molecule has 1 N–H and O–H groups in total. The van der Waals surface area contributed by atoms with Gasteiger partial charge < -0.3 is 10.2 Å². The molecule has 0 atom stereocenters. The molecule has 1 amide bonds. The van der Waals surface area contributed by atoms with Gasteiger partial charge in [0.25, 0.3) is 11.0 Å². The molecule has 4 rings (SSSR count). The van der Waals surface area contributed by atoms with Crippen LogP contribution in [0.3, 0.4) is 0 Å². The van der Waals surface area contributed by atoms with Crippen molar-refractivity contribution in [2.45, 2.75) is 31.7 Å². The van der Waals surface area contributed by atoms with Gasteiger partial charge in [-0.25, -0.2) is 4.68 Å². The number of hydrogen-bond donors (Lipinski definition) is 1. The monoisotopic (exact) mass is 523 g/mol. The largest absolute Gasteiger partial charge is 0.332 e. The summed E-state index contributed by atoms with van der Waals surface area (Å²) in [5.41, 5.74) is 2.61. The Kier molecular flexibility index (Phi) is 7.16.